The fraction of sp³-hybridized carbons (Fsp3) is 0.412. The van der Waals surface area contributed by atoms with Crippen LogP contribution in [0, 0.1) is 20.8 Å². The lowest BCUT2D eigenvalue weighted by atomic mass is 9.98. The third-order valence-corrected chi connectivity index (χ3v) is 3.60. The average Bonchev–Trinajstić information content (AvgIpc) is 2.42. The largest absolute Gasteiger partial charge is 0.496 e. The van der Waals surface area contributed by atoms with Gasteiger partial charge in [-0.2, -0.15) is 0 Å². The molecule has 0 aliphatic heterocycles. The Balaban J connectivity index is 2.71. The Morgan fingerprint density at radius 1 is 1.14 bits per heavy atom. The van der Waals surface area contributed by atoms with Crippen molar-refractivity contribution in [1.82, 2.24) is 9.97 Å². The molecule has 0 atom stereocenters. The van der Waals surface area contributed by atoms with Crippen LogP contribution in [-0.4, -0.2) is 17.1 Å². The number of hydrogen-bond acceptors (Lipinski definition) is 4. The van der Waals surface area contributed by atoms with E-state index in [1.165, 1.54) is 5.56 Å². The van der Waals surface area contributed by atoms with Crippen molar-refractivity contribution >= 4 is 5.82 Å². The van der Waals surface area contributed by atoms with Crippen LogP contribution < -0.4 is 10.5 Å². The van der Waals surface area contributed by atoms with Crippen molar-refractivity contribution in [2.45, 2.75) is 40.5 Å². The van der Waals surface area contributed by atoms with Gasteiger partial charge in [0.25, 0.3) is 0 Å². The van der Waals surface area contributed by atoms with E-state index in [9.17, 15) is 0 Å². The van der Waals surface area contributed by atoms with Gasteiger partial charge in [0, 0.05) is 17.5 Å². The minimum absolute atomic E-state index is 0.547. The molecule has 0 radical (unpaired) electrons. The van der Waals surface area contributed by atoms with Crippen LogP contribution in [-0.2, 0) is 6.42 Å². The van der Waals surface area contributed by atoms with Crippen LogP contribution in [0.4, 0.5) is 5.82 Å². The summed E-state index contributed by atoms with van der Waals surface area (Å²) in [6.45, 7) is 8.20. The smallest absolute Gasteiger partial charge is 0.131 e. The van der Waals surface area contributed by atoms with Crippen molar-refractivity contribution in [3.8, 4) is 17.0 Å². The molecular formula is C17H23N3O. The van der Waals surface area contributed by atoms with Gasteiger partial charge in [-0.15, -0.1) is 0 Å². The molecule has 2 aromatic rings. The van der Waals surface area contributed by atoms with E-state index in [-0.39, 0.29) is 0 Å². The maximum absolute atomic E-state index is 6.07. The highest BCUT2D eigenvalue weighted by Crippen LogP contribution is 2.36. The summed E-state index contributed by atoms with van der Waals surface area (Å²) in [5, 5.41) is 0. The van der Waals surface area contributed by atoms with Gasteiger partial charge in [-0.3, -0.25) is 0 Å². The van der Waals surface area contributed by atoms with Gasteiger partial charge in [0.2, 0.25) is 0 Å². The first-order chi connectivity index (χ1) is 9.97. The first-order valence-corrected chi connectivity index (χ1v) is 7.26. The molecule has 1 aromatic carbocycles. The number of benzene rings is 1. The second-order valence-corrected chi connectivity index (χ2v) is 5.41. The van der Waals surface area contributed by atoms with Crippen molar-refractivity contribution < 1.29 is 4.74 Å². The predicted octanol–water partition coefficient (Wildman–Crippen LogP) is 3.61. The number of nitrogens with zero attached hydrogens (tertiary/aromatic N) is 2. The summed E-state index contributed by atoms with van der Waals surface area (Å²) in [5.41, 5.74) is 11.2. The van der Waals surface area contributed by atoms with Crippen LogP contribution in [0.3, 0.4) is 0 Å². The maximum atomic E-state index is 6.07. The molecule has 112 valence electrons. The van der Waals surface area contributed by atoms with Gasteiger partial charge in [0.15, 0.2) is 0 Å². The van der Waals surface area contributed by atoms with Gasteiger partial charge < -0.3 is 10.5 Å². The molecule has 0 unspecified atom stereocenters. The molecule has 0 saturated heterocycles. The van der Waals surface area contributed by atoms with Gasteiger partial charge in [0.1, 0.15) is 17.4 Å². The summed E-state index contributed by atoms with van der Waals surface area (Å²) < 4.78 is 5.55. The Morgan fingerprint density at radius 2 is 1.86 bits per heavy atom. The second-order valence-electron chi connectivity index (χ2n) is 5.41. The molecule has 0 bridgehead atoms. The summed E-state index contributed by atoms with van der Waals surface area (Å²) in [4.78, 5) is 9.10. The number of methoxy groups -OCH3 is 1. The normalized spacial score (nSPS) is 10.7. The topological polar surface area (TPSA) is 61.0 Å². The summed E-state index contributed by atoms with van der Waals surface area (Å²) >= 11 is 0. The number of rotatable bonds is 4. The first kappa shape index (κ1) is 15.3. The van der Waals surface area contributed by atoms with E-state index in [2.05, 4.69) is 31.8 Å². The Morgan fingerprint density at radius 3 is 2.48 bits per heavy atom. The van der Waals surface area contributed by atoms with Crippen LogP contribution >= 0.6 is 0 Å². The summed E-state index contributed by atoms with van der Waals surface area (Å²) in [6, 6.07) is 4.16. The van der Waals surface area contributed by atoms with Crippen LogP contribution in [0.1, 0.15) is 35.9 Å². The molecule has 4 heteroatoms. The molecule has 1 heterocycles. The Hall–Kier alpha value is -2.10. The van der Waals surface area contributed by atoms with Crippen LogP contribution in [0.5, 0.6) is 5.75 Å². The van der Waals surface area contributed by atoms with Crippen LogP contribution in [0.15, 0.2) is 12.1 Å². The lowest BCUT2D eigenvalue weighted by Crippen LogP contribution is -2.06. The second kappa shape index (κ2) is 6.12. The van der Waals surface area contributed by atoms with Gasteiger partial charge >= 0.3 is 0 Å². The van der Waals surface area contributed by atoms with Crippen LogP contribution in [0.25, 0.3) is 11.3 Å². The van der Waals surface area contributed by atoms with Crippen molar-refractivity contribution in [2.24, 2.45) is 0 Å². The average molecular weight is 285 g/mol. The number of aryl methyl sites for hydroxylation is 3. The molecule has 0 spiro atoms. The van der Waals surface area contributed by atoms with E-state index in [1.54, 1.807) is 7.11 Å². The van der Waals surface area contributed by atoms with E-state index in [1.807, 2.05) is 13.0 Å². The minimum Gasteiger partial charge on any atom is -0.496 e. The van der Waals surface area contributed by atoms with Gasteiger partial charge in [0.05, 0.1) is 12.8 Å². The number of ether oxygens (including phenoxy) is 1. The number of aromatic nitrogens is 2. The quantitative estimate of drug-likeness (QED) is 0.932. The zero-order chi connectivity index (χ0) is 15.6. The molecule has 1 aromatic heterocycles. The highest BCUT2D eigenvalue weighted by molar-refractivity contribution is 5.76. The molecule has 21 heavy (non-hydrogen) atoms. The van der Waals surface area contributed by atoms with E-state index >= 15 is 0 Å². The molecule has 0 saturated carbocycles. The van der Waals surface area contributed by atoms with E-state index in [0.717, 1.165) is 46.8 Å². The Labute approximate surface area is 126 Å². The SMILES string of the molecule is CCCc1nc(N)c(C)c(-c2c(C)cc(C)cc2OC)n1. The predicted molar refractivity (Wildman–Crippen MR) is 86.6 cm³/mol. The van der Waals surface area contributed by atoms with Crippen molar-refractivity contribution in [3.05, 3.63) is 34.6 Å². The van der Waals surface area contributed by atoms with Gasteiger partial charge in [-0.05, 0) is 44.4 Å². The zero-order valence-electron chi connectivity index (χ0n) is 13.4. The molecular weight excluding hydrogens is 262 g/mol. The van der Waals surface area contributed by atoms with Gasteiger partial charge in [-0.25, -0.2) is 9.97 Å². The highest BCUT2D eigenvalue weighted by Gasteiger charge is 2.17. The fourth-order valence-corrected chi connectivity index (χ4v) is 2.55. The standard InChI is InChI=1S/C17H23N3O/c1-6-7-14-19-16(12(4)17(18)20-14)15-11(3)8-10(2)9-13(15)21-5/h8-9H,6-7H2,1-5H3,(H2,18,19,20). The maximum Gasteiger partial charge on any atom is 0.131 e. The van der Waals surface area contributed by atoms with Crippen molar-refractivity contribution in [2.75, 3.05) is 12.8 Å². The number of anilines is 1. The molecule has 4 nitrogen and oxygen atoms in total. The van der Waals surface area contributed by atoms with E-state index < -0.39 is 0 Å². The highest BCUT2D eigenvalue weighted by atomic mass is 16.5. The molecule has 0 aliphatic rings. The summed E-state index contributed by atoms with van der Waals surface area (Å²) in [6.07, 6.45) is 1.82. The monoisotopic (exact) mass is 285 g/mol. The lowest BCUT2D eigenvalue weighted by molar-refractivity contribution is 0.415. The number of nitrogen functional groups attached to an aromatic ring is 1. The molecule has 0 aliphatic carbocycles. The minimum atomic E-state index is 0.547. The van der Waals surface area contributed by atoms with E-state index in [0.29, 0.717) is 5.82 Å². The lowest BCUT2D eigenvalue weighted by Gasteiger charge is -2.16. The molecule has 0 amide bonds. The van der Waals surface area contributed by atoms with Crippen LogP contribution in [0.2, 0.25) is 0 Å². The first-order valence-electron chi connectivity index (χ1n) is 7.26. The summed E-state index contributed by atoms with van der Waals surface area (Å²) in [7, 11) is 1.69. The Bertz CT molecular complexity index is 666. The molecule has 0 fully saturated rings. The third-order valence-electron chi connectivity index (χ3n) is 3.60. The van der Waals surface area contributed by atoms with Crippen molar-refractivity contribution in [1.29, 1.82) is 0 Å². The number of hydrogen-bond donors (Lipinski definition) is 1. The van der Waals surface area contributed by atoms with Gasteiger partial charge in [-0.1, -0.05) is 13.0 Å². The third kappa shape index (κ3) is 2.99. The Kier molecular flexibility index (Phi) is 4.46. The van der Waals surface area contributed by atoms with E-state index in [4.69, 9.17) is 15.5 Å². The fourth-order valence-electron chi connectivity index (χ4n) is 2.55. The molecule has 2 N–H and O–H groups in total. The van der Waals surface area contributed by atoms with Crippen molar-refractivity contribution in [3.63, 3.8) is 0 Å². The zero-order valence-corrected chi connectivity index (χ0v) is 13.4. The number of nitrogens with two attached hydrogens (primary N) is 1. The molecule has 2 rings (SSSR count). The summed E-state index contributed by atoms with van der Waals surface area (Å²) in [5.74, 6) is 2.17.